The van der Waals surface area contributed by atoms with Gasteiger partial charge in [0.25, 0.3) is 5.69 Å². The van der Waals surface area contributed by atoms with Crippen LogP contribution < -0.4 is 15.5 Å². The van der Waals surface area contributed by atoms with E-state index in [2.05, 4.69) is 5.43 Å². The van der Waals surface area contributed by atoms with Crippen LogP contribution >= 0.6 is 0 Å². The quantitative estimate of drug-likeness (QED) is 0.335. The Morgan fingerprint density at radius 2 is 1.52 bits per heavy atom. The number of sulfone groups is 1. The number of non-ortho nitro benzene ring substituents is 1. The van der Waals surface area contributed by atoms with Gasteiger partial charge in [-0.2, -0.15) is 0 Å². The molecule has 9 nitrogen and oxygen atoms in total. The standard InChI is InChI=1S/C23H19N3O6S/c1-32-23(27)20-22(33(30,31)19-10-6-3-7-11-19)21(16-8-4-2-5-9-16)25(24-20)17-12-14-18(15-13-17)26(28)29/h2-15,24,27H,1H3/p-1. The van der Waals surface area contributed by atoms with Gasteiger partial charge < -0.3 is 9.84 Å². The first-order valence-corrected chi connectivity index (χ1v) is 11.2. The number of benzene rings is 3. The van der Waals surface area contributed by atoms with E-state index >= 15 is 0 Å². The van der Waals surface area contributed by atoms with E-state index < -0.39 is 20.7 Å². The summed E-state index contributed by atoms with van der Waals surface area (Å²) in [5, 5.41) is 25.1. The number of hydrogen-bond donors (Lipinski definition) is 1. The van der Waals surface area contributed by atoms with Gasteiger partial charge in [-0.15, -0.1) is 0 Å². The molecular formula is C23H18N3O6S-. The van der Waals surface area contributed by atoms with Crippen molar-refractivity contribution in [1.82, 2.24) is 5.43 Å². The third-order valence-electron chi connectivity index (χ3n) is 4.97. The first-order chi connectivity index (χ1) is 15.8. The Labute approximate surface area is 189 Å². The third kappa shape index (κ3) is 3.99. The van der Waals surface area contributed by atoms with E-state index in [1.165, 1.54) is 41.4 Å². The number of anilines is 1. The highest BCUT2D eigenvalue weighted by Crippen LogP contribution is 2.41. The molecule has 0 saturated heterocycles. The summed E-state index contributed by atoms with van der Waals surface area (Å²) in [6.45, 7) is 0. The minimum absolute atomic E-state index is 0.00202. The molecule has 1 heterocycles. The highest BCUT2D eigenvalue weighted by Gasteiger charge is 2.38. The van der Waals surface area contributed by atoms with E-state index in [4.69, 9.17) is 4.74 Å². The lowest BCUT2D eigenvalue weighted by Crippen LogP contribution is -2.32. The zero-order chi connectivity index (χ0) is 23.6. The fraction of sp³-hybridized carbons (Fsp3) is 0.0435. The normalized spacial score (nSPS) is 15.2. The van der Waals surface area contributed by atoms with Crippen LogP contribution in [0.25, 0.3) is 5.70 Å². The molecule has 0 radical (unpaired) electrons. The van der Waals surface area contributed by atoms with Crippen molar-refractivity contribution < 1.29 is 23.2 Å². The molecule has 1 aliphatic rings. The number of hydrogen-bond acceptors (Lipinski definition) is 8. The Morgan fingerprint density at radius 3 is 2.06 bits per heavy atom. The number of rotatable bonds is 6. The summed E-state index contributed by atoms with van der Waals surface area (Å²) >= 11 is 0. The van der Waals surface area contributed by atoms with Gasteiger partial charge >= 0.3 is 0 Å². The molecule has 0 spiro atoms. The molecule has 0 aliphatic carbocycles. The van der Waals surface area contributed by atoms with E-state index in [1.807, 2.05) is 0 Å². The SMILES string of the molecule is COC([O-])=C1NN(c2ccc([N+](=O)[O-])cc2)C(c2ccccc2)=C1S(=O)(=O)c1ccccc1. The van der Waals surface area contributed by atoms with Crippen molar-refractivity contribution in [1.29, 1.82) is 0 Å². The molecule has 0 saturated carbocycles. The van der Waals surface area contributed by atoms with Crippen LogP contribution in [-0.4, -0.2) is 20.5 Å². The van der Waals surface area contributed by atoms with Crippen molar-refractivity contribution in [2.24, 2.45) is 0 Å². The molecule has 0 unspecified atom stereocenters. The third-order valence-corrected chi connectivity index (χ3v) is 6.79. The molecule has 33 heavy (non-hydrogen) atoms. The predicted octanol–water partition coefficient (Wildman–Crippen LogP) is 2.94. The Kier molecular flexibility index (Phi) is 5.76. The van der Waals surface area contributed by atoms with E-state index in [9.17, 15) is 23.6 Å². The van der Waals surface area contributed by atoms with Crippen LogP contribution in [0.1, 0.15) is 5.56 Å². The van der Waals surface area contributed by atoms with Crippen LogP contribution in [0.4, 0.5) is 11.4 Å². The summed E-state index contributed by atoms with van der Waals surface area (Å²) in [6, 6.07) is 21.9. The molecule has 0 bridgehead atoms. The molecule has 0 amide bonds. The van der Waals surface area contributed by atoms with Crippen molar-refractivity contribution in [2.75, 3.05) is 12.1 Å². The van der Waals surface area contributed by atoms with E-state index in [-0.39, 0.29) is 26.9 Å². The van der Waals surface area contributed by atoms with Crippen LogP contribution in [0.3, 0.4) is 0 Å². The highest BCUT2D eigenvalue weighted by atomic mass is 32.2. The lowest BCUT2D eigenvalue weighted by molar-refractivity contribution is -0.384. The smallest absolute Gasteiger partial charge is 0.269 e. The van der Waals surface area contributed by atoms with Gasteiger partial charge in [0.1, 0.15) is 4.91 Å². The minimum atomic E-state index is -4.17. The molecule has 1 N–H and O–H groups in total. The Balaban J connectivity index is 2.02. The number of nitrogens with zero attached hydrogens (tertiary/aromatic N) is 2. The Hall–Kier alpha value is -4.31. The van der Waals surface area contributed by atoms with Crippen LogP contribution in [0.5, 0.6) is 0 Å². The zero-order valence-electron chi connectivity index (χ0n) is 17.3. The van der Waals surface area contributed by atoms with Crippen molar-refractivity contribution in [2.45, 2.75) is 4.90 Å². The maximum Gasteiger partial charge on any atom is 0.269 e. The summed E-state index contributed by atoms with van der Waals surface area (Å²) < 4.78 is 32.3. The van der Waals surface area contributed by atoms with Gasteiger partial charge in [-0.3, -0.25) is 20.5 Å². The summed E-state index contributed by atoms with van der Waals surface area (Å²) in [6.07, 6.45) is 0. The van der Waals surface area contributed by atoms with Gasteiger partial charge in [0.15, 0.2) is 0 Å². The average Bonchev–Trinajstić information content (AvgIpc) is 3.26. The molecule has 3 aromatic carbocycles. The van der Waals surface area contributed by atoms with Crippen molar-refractivity contribution in [3.8, 4) is 0 Å². The topological polar surface area (TPSA) is 125 Å². The number of nitro benzene ring substituents is 1. The van der Waals surface area contributed by atoms with Crippen LogP contribution in [-0.2, 0) is 14.6 Å². The van der Waals surface area contributed by atoms with Crippen molar-refractivity contribution >= 4 is 26.9 Å². The first kappa shape index (κ1) is 21.9. The molecule has 1 aliphatic heterocycles. The molecule has 4 rings (SSSR count). The number of methoxy groups -OCH3 is 1. The summed E-state index contributed by atoms with van der Waals surface area (Å²) in [7, 11) is -3.02. The van der Waals surface area contributed by atoms with Crippen LogP contribution in [0.2, 0.25) is 0 Å². The summed E-state index contributed by atoms with van der Waals surface area (Å²) in [5.74, 6) is -0.873. The fourth-order valence-corrected chi connectivity index (χ4v) is 5.04. The maximum absolute atomic E-state index is 13.7. The molecule has 3 aromatic rings. The predicted molar refractivity (Wildman–Crippen MR) is 120 cm³/mol. The van der Waals surface area contributed by atoms with E-state index in [1.54, 1.807) is 48.5 Å². The lowest BCUT2D eigenvalue weighted by atomic mass is 10.1. The molecule has 0 atom stereocenters. The largest absolute Gasteiger partial charge is 0.615 e. The van der Waals surface area contributed by atoms with Gasteiger partial charge in [-0.05, 0) is 31.4 Å². The van der Waals surface area contributed by atoms with Gasteiger partial charge in [-0.25, -0.2) is 8.42 Å². The number of nitrogens with one attached hydrogen (secondary N) is 1. The second kappa shape index (κ2) is 8.67. The van der Waals surface area contributed by atoms with E-state index in [0.29, 0.717) is 11.3 Å². The van der Waals surface area contributed by atoms with Gasteiger partial charge in [0, 0.05) is 17.7 Å². The molecule has 10 heteroatoms. The van der Waals surface area contributed by atoms with Gasteiger partial charge in [0.05, 0.1) is 32.8 Å². The monoisotopic (exact) mass is 464 g/mol. The molecule has 168 valence electrons. The zero-order valence-corrected chi connectivity index (χ0v) is 18.2. The molecule has 0 fully saturated rings. The molecule has 0 aromatic heterocycles. The highest BCUT2D eigenvalue weighted by molar-refractivity contribution is 7.95. The Morgan fingerprint density at radius 1 is 0.939 bits per heavy atom. The van der Waals surface area contributed by atoms with Gasteiger partial charge in [-0.1, -0.05) is 48.5 Å². The average molecular weight is 464 g/mol. The molecular weight excluding hydrogens is 446 g/mol. The first-order valence-electron chi connectivity index (χ1n) is 9.71. The number of hydrazine groups is 1. The Bertz CT molecular complexity index is 1350. The second-order valence-corrected chi connectivity index (χ2v) is 8.83. The second-order valence-electron chi connectivity index (χ2n) is 6.95. The minimum Gasteiger partial charge on any atom is -0.615 e. The number of ether oxygens (including phenoxy) is 1. The van der Waals surface area contributed by atoms with Crippen molar-refractivity contribution in [3.05, 3.63) is 117 Å². The maximum atomic E-state index is 13.7. The fourth-order valence-electron chi connectivity index (χ4n) is 3.43. The van der Waals surface area contributed by atoms with E-state index in [0.717, 1.165) is 7.11 Å². The number of nitro groups is 1. The summed E-state index contributed by atoms with van der Waals surface area (Å²) in [4.78, 5) is 10.3. The van der Waals surface area contributed by atoms with Crippen LogP contribution in [0, 0.1) is 10.1 Å². The van der Waals surface area contributed by atoms with Crippen molar-refractivity contribution in [3.63, 3.8) is 0 Å². The lowest BCUT2D eigenvalue weighted by Gasteiger charge is -2.23. The summed E-state index contributed by atoms with van der Waals surface area (Å²) in [5.41, 5.74) is 3.53. The van der Waals surface area contributed by atoms with Crippen LogP contribution in [0.15, 0.2) is 106 Å². The van der Waals surface area contributed by atoms with Gasteiger partial charge in [0.2, 0.25) is 9.84 Å².